The predicted octanol–water partition coefficient (Wildman–Crippen LogP) is 24.3. The zero-order valence-corrected chi connectivity index (χ0v) is 53.6. The van der Waals surface area contributed by atoms with Gasteiger partial charge in [0.2, 0.25) is 0 Å². The van der Waals surface area contributed by atoms with Gasteiger partial charge in [0.25, 0.3) is 0 Å². The van der Waals surface area contributed by atoms with Crippen molar-refractivity contribution in [2.45, 2.75) is 380 Å². The Morgan fingerprint density at radius 3 is 0.800 bits per heavy atom. The van der Waals surface area contributed by atoms with Crippen LogP contribution < -0.4 is 0 Å². The van der Waals surface area contributed by atoms with Crippen molar-refractivity contribution in [3.8, 4) is 0 Å². The fraction of sp³-hybridized carbons (Fsp3) is 0.824. The third kappa shape index (κ3) is 65.9. The lowest BCUT2D eigenvalue weighted by Gasteiger charge is -2.18. The van der Waals surface area contributed by atoms with E-state index in [9.17, 15) is 14.4 Å². The highest BCUT2D eigenvalue weighted by Gasteiger charge is 2.19. The van der Waals surface area contributed by atoms with Crippen molar-refractivity contribution in [1.82, 2.24) is 0 Å². The minimum absolute atomic E-state index is 0.0798. The number of unbranched alkanes of at least 4 members (excludes halogenated alkanes) is 44. The van der Waals surface area contributed by atoms with Gasteiger partial charge in [-0.3, -0.25) is 14.4 Å². The normalized spacial score (nSPS) is 12.4. The first-order valence-corrected chi connectivity index (χ1v) is 35.3. The van der Waals surface area contributed by atoms with Gasteiger partial charge in [-0.1, -0.05) is 338 Å². The van der Waals surface area contributed by atoms with Crippen LogP contribution in [0.25, 0.3) is 0 Å². The minimum atomic E-state index is -0.786. The number of hydrogen-bond acceptors (Lipinski definition) is 6. The maximum Gasteiger partial charge on any atom is 0.306 e. The summed E-state index contributed by atoms with van der Waals surface area (Å²) in [6.07, 6.45) is 88.4. The van der Waals surface area contributed by atoms with E-state index in [4.69, 9.17) is 14.2 Å². The number of esters is 3. The molecule has 1 atom stereocenters. The Hall–Kier alpha value is -2.89. The molecule has 0 spiro atoms. The van der Waals surface area contributed by atoms with Gasteiger partial charge in [-0.05, 0) is 77.0 Å². The third-order valence-electron chi connectivity index (χ3n) is 15.8. The second-order valence-corrected chi connectivity index (χ2v) is 23.8. The van der Waals surface area contributed by atoms with E-state index in [0.29, 0.717) is 19.3 Å². The molecule has 0 bridgehead atoms. The van der Waals surface area contributed by atoms with E-state index in [0.717, 1.165) is 103 Å². The Labute approximate surface area is 498 Å². The summed E-state index contributed by atoms with van der Waals surface area (Å²) in [5.74, 6) is -0.884. The summed E-state index contributed by atoms with van der Waals surface area (Å²) in [6.45, 7) is 6.53. The summed E-state index contributed by atoms with van der Waals surface area (Å²) in [5.41, 5.74) is 0. The Balaban J connectivity index is 4.16. The van der Waals surface area contributed by atoms with Gasteiger partial charge in [-0.25, -0.2) is 0 Å². The number of allylic oxidation sites excluding steroid dienone is 10. The summed E-state index contributed by atoms with van der Waals surface area (Å²) in [7, 11) is 0. The molecule has 0 saturated heterocycles. The molecule has 0 aliphatic rings. The molecule has 0 aromatic rings. The van der Waals surface area contributed by atoms with E-state index in [1.54, 1.807) is 0 Å². The average Bonchev–Trinajstić information content (AvgIpc) is 3.46. The van der Waals surface area contributed by atoms with Gasteiger partial charge in [-0.2, -0.15) is 0 Å². The Kier molecular flexibility index (Phi) is 66.1. The number of carbonyl (C=O) groups excluding carboxylic acids is 3. The lowest BCUT2D eigenvalue weighted by Crippen LogP contribution is -2.30. The highest BCUT2D eigenvalue weighted by molar-refractivity contribution is 5.71. The monoisotopic (exact) mass is 1120 g/mol. The first-order chi connectivity index (χ1) is 39.5. The van der Waals surface area contributed by atoms with Crippen LogP contribution in [0.15, 0.2) is 60.8 Å². The lowest BCUT2D eigenvalue weighted by atomic mass is 10.0. The zero-order valence-electron chi connectivity index (χ0n) is 53.6. The standard InChI is InChI=1S/C74H134O6/c1-4-7-10-13-16-19-22-25-28-30-31-32-33-34-35-36-37-38-39-40-41-42-43-45-46-49-52-55-58-61-64-67-73(76)79-70-71(69-78-72(75)66-63-60-57-54-51-48-27-24-21-18-15-12-9-6-3)80-74(77)68-65-62-59-56-53-50-47-44-29-26-23-20-17-14-11-8-5-2/h8,11,15,17-18,20,24,26-27,29,71H,4-7,9-10,12-14,16,19,21-23,25,28,30-70H2,1-3H3/b11-8-,18-15-,20-17-,27-24-,29-26-. The molecular formula is C74H134O6. The zero-order chi connectivity index (χ0) is 57.8. The van der Waals surface area contributed by atoms with Gasteiger partial charge < -0.3 is 14.2 Å². The van der Waals surface area contributed by atoms with Crippen LogP contribution in [0.1, 0.15) is 374 Å². The smallest absolute Gasteiger partial charge is 0.306 e. The summed E-state index contributed by atoms with van der Waals surface area (Å²) in [6, 6.07) is 0. The first kappa shape index (κ1) is 77.1. The quantitative estimate of drug-likeness (QED) is 0.0261. The summed E-state index contributed by atoms with van der Waals surface area (Å²) >= 11 is 0. The molecule has 0 fully saturated rings. The molecule has 0 aromatic heterocycles. The van der Waals surface area contributed by atoms with E-state index in [-0.39, 0.29) is 31.1 Å². The molecule has 6 nitrogen and oxygen atoms in total. The largest absolute Gasteiger partial charge is 0.462 e. The van der Waals surface area contributed by atoms with Crippen LogP contribution in [-0.2, 0) is 28.6 Å². The second-order valence-electron chi connectivity index (χ2n) is 23.8. The maximum atomic E-state index is 12.9. The molecule has 80 heavy (non-hydrogen) atoms. The fourth-order valence-corrected chi connectivity index (χ4v) is 10.5. The highest BCUT2D eigenvalue weighted by Crippen LogP contribution is 2.18. The average molecular weight is 1120 g/mol. The van der Waals surface area contributed by atoms with E-state index >= 15 is 0 Å². The molecule has 0 rings (SSSR count). The molecule has 0 amide bonds. The Morgan fingerprint density at radius 1 is 0.263 bits per heavy atom. The van der Waals surface area contributed by atoms with Crippen LogP contribution in [-0.4, -0.2) is 37.2 Å². The Bertz CT molecular complexity index is 1430. The third-order valence-corrected chi connectivity index (χ3v) is 15.8. The number of hydrogen-bond donors (Lipinski definition) is 0. The number of carbonyl (C=O) groups is 3. The highest BCUT2D eigenvalue weighted by atomic mass is 16.6. The molecule has 0 radical (unpaired) electrons. The van der Waals surface area contributed by atoms with Crippen LogP contribution in [0, 0.1) is 0 Å². The summed E-state index contributed by atoms with van der Waals surface area (Å²) < 4.78 is 16.9. The fourth-order valence-electron chi connectivity index (χ4n) is 10.5. The predicted molar refractivity (Wildman–Crippen MR) is 348 cm³/mol. The van der Waals surface area contributed by atoms with E-state index < -0.39 is 6.10 Å². The summed E-state index contributed by atoms with van der Waals surface area (Å²) in [5, 5.41) is 0. The minimum Gasteiger partial charge on any atom is -0.462 e. The van der Waals surface area contributed by atoms with Crippen LogP contribution >= 0.6 is 0 Å². The van der Waals surface area contributed by atoms with Crippen molar-refractivity contribution in [1.29, 1.82) is 0 Å². The first-order valence-electron chi connectivity index (χ1n) is 35.3. The van der Waals surface area contributed by atoms with Crippen LogP contribution in [0.4, 0.5) is 0 Å². The topological polar surface area (TPSA) is 78.9 Å². The van der Waals surface area contributed by atoms with Gasteiger partial charge in [0, 0.05) is 19.3 Å². The molecule has 466 valence electrons. The maximum absolute atomic E-state index is 12.9. The van der Waals surface area contributed by atoms with E-state index in [1.165, 1.54) is 231 Å². The molecule has 0 aliphatic heterocycles. The Morgan fingerprint density at radius 2 is 0.500 bits per heavy atom. The number of rotatable bonds is 65. The second kappa shape index (κ2) is 68.6. The number of ether oxygens (including phenoxy) is 3. The van der Waals surface area contributed by atoms with Crippen molar-refractivity contribution >= 4 is 17.9 Å². The lowest BCUT2D eigenvalue weighted by molar-refractivity contribution is -0.167. The van der Waals surface area contributed by atoms with Crippen LogP contribution in [0.5, 0.6) is 0 Å². The molecule has 0 N–H and O–H groups in total. The van der Waals surface area contributed by atoms with Gasteiger partial charge in [0.15, 0.2) is 6.10 Å². The van der Waals surface area contributed by atoms with Crippen molar-refractivity contribution in [3.63, 3.8) is 0 Å². The van der Waals surface area contributed by atoms with E-state index in [1.807, 2.05) is 0 Å². The van der Waals surface area contributed by atoms with Crippen LogP contribution in [0.2, 0.25) is 0 Å². The SMILES string of the molecule is CC/C=C\C/C=C\C/C=C\CCCCCCCCCC(=O)OC(COC(=O)CCCCCCC/C=C\C/C=C\CCCC)COC(=O)CCCCCCCCCCCCCCCCCCCCCCCCCCCCCCCCC. The van der Waals surface area contributed by atoms with E-state index in [2.05, 4.69) is 81.5 Å². The van der Waals surface area contributed by atoms with Gasteiger partial charge in [0.05, 0.1) is 0 Å². The molecule has 1 unspecified atom stereocenters. The van der Waals surface area contributed by atoms with Gasteiger partial charge >= 0.3 is 17.9 Å². The van der Waals surface area contributed by atoms with Crippen molar-refractivity contribution in [3.05, 3.63) is 60.8 Å². The van der Waals surface area contributed by atoms with Gasteiger partial charge in [-0.15, -0.1) is 0 Å². The molecule has 6 heteroatoms. The van der Waals surface area contributed by atoms with Crippen molar-refractivity contribution in [2.24, 2.45) is 0 Å². The van der Waals surface area contributed by atoms with Crippen molar-refractivity contribution < 1.29 is 28.6 Å². The van der Waals surface area contributed by atoms with Crippen LogP contribution in [0.3, 0.4) is 0 Å². The molecular weight excluding hydrogens is 985 g/mol. The molecule has 0 saturated carbocycles. The molecule has 0 aliphatic carbocycles. The molecule has 0 heterocycles. The van der Waals surface area contributed by atoms with Crippen molar-refractivity contribution in [2.75, 3.05) is 13.2 Å². The van der Waals surface area contributed by atoms with Gasteiger partial charge in [0.1, 0.15) is 13.2 Å². The molecule has 0 aromatic carbocycles. The summed E-state index contributed by atoms with van der Waals surface area (Å²) in [4.78, 5) is 38.4.